The van der Waals surface area contributed by atoms with Gasteiger partial charge in [0.2, 0.25) is 0 Å². The zero-order chi connectivity index (χ0) is 51.2. The smallest absolute Gasteiger partial charge is 0.0159 e. The van der Waals surface area contributed by atoms with E-state index in [0.717, 1.165) is 0 Å². The molecule has 0 saturated heterocycles. The first-order valence-corrected chi connectivity index (χ1v) is 27.0. The van der Waals surface area contributed by atoms with Crippen molar-refractivity contribution < 1.29 is 0 Å². The molecule has 0 N–H and O–H groups in total. The third-order valence-electron chi connectivity index (χ3n) is 16.9. The highest BCUT2D eigenvalue weighted by Crippen LogP contribution is 2.52. The summed E-state index contributed by atoms with van der Waals surface area (Å²) in [6.07, 6.45) is 0. The second-order valence-electron chi connectivity index (χ2n) is 21.5. The summed E-state index contributed by atoms with van der Waals surface area (Å²) in [6.45, 7) is 4.79. The van der Waals surface area contributed by atoms with E-state index in [4.69, 9.17) is 0 Å². The molecule has 0 radical (unpaired) electrons. The van der Waals surface area contributed by atoms with E-state index < -0.39 is 0 Å². The summed E-state index contributed by atoms with van der Waals surface area (Å²) < 4.78 is 0. The van der Waals surface area contributed by atoms with Crippen LogP contribution in [0.3, 0.4) is 0 Å². The van der Waals surface area contributed by atoms with Crippen molar-refractivity contribution in [3.05, 3.63) is 290 Å². The highest BCUT2D eigenvalue weighted by molar-refractivity contribution is 6.24. The average molecular weight is 977 g/mol. The van der Waals surface area contributed by atoms with Crippen molar-refractivity contribution in [3.63, 3.8) is 0 Å². The van der Waals surface area contributed by atoms with Crippen molar-refractivity contribution in [3.8, 4) is 89.0 Å². The summed E-state index contributed by atoms with van der Waals surface area (Å²) in [5.41, 5.74) is 22.6. The van der Waals surface area contributed by atoms with Crippen molar-refractivity contribution in [1.82, 2.24) is 0 Å². The molecule has 1 aliphatic carbocycles. The lowest BCUT2D eigenvalue weighted by Gasteiger charge is -2.23. The van der Waals surface area contributed by atoms with Gasteiger partial charge in [-0.15, -0.1) is 0 Å². The van der Waals surface area contributed by atoms with E-state index >= 15 is 0 Å². The maximum atomic E-state index is 2.45. The summed E-state index contributed by atoms with van der Waals surface area (Å²) in [5.74, 6) is 0. The minimum atomic E-state index is -0.181. The van der Waals surface area contributed by atoms with Crippen LogP contribution in [0, 0.1) is 0 Å². The topological polar surface area (TPSA) is 0 Å². The number of fused-ring (bicyclic) bond motifs is 8. The summed E-state index contributed by atoms with van der Waals surface area (Å²) in [5, 5.41) is 12.6. The fourth-order valence-corrected chi connectivity index (χ4v) is 13.1. The number of hydrogen-bond acceptors (Lipinski definition) is 0. The molecule has 77 heavy (non-hydrogen) atoms. The Balaban J connectivity index is 0.766. The minimum Gasteiger partial charge on any atom is -0.0622 e. The molecule has 1 aliphatic rings. The van der Waals surface area contributed by atoms with E-state index in [1.807, 2.05) is 0 Å². The van der Waals surface area contributed by atoms with Gasteiger partial charge >= 0.3 is 0 Å². The SMILES string of the molecule is CC1(C)c2cc(-c3ccc(-c4c5ccccc5c(-c5ccccc5)c5ccccc45)cc3)ccc2-c2ccc(-c3ccc(-c4c5ccccc5c(-c5cc6ccccc6cc5-c5ccccc5)c5ccccc45)cc3)cc21. The fraction of sp³-hybridized carbons (Fsp3) is 0.0390. The predicted molar refractivity (Wildman–Crippen MR) is 330 cm³/mol. The monoisotopic (exact) mass is 976 g/mol. The molecule has 360 valence electrons. The Labute approximate surface area is 449 Å². The standard InChI is InChI=1S/C77H52/c1-77(2)71-47-57(49-33-37-53(38-34-49)74-63-27-13-11-25-61(63)73(52-21-7-4-8-22-52)62-26-12-14-28-64(62)74)41-43-59(71)60-44-42-58(48-72(60)77)50-35-39-54(40-36-50)75-65-29-15-17-31-67(65)76(68-32-18-16-30-66(68)75)70-46-56-24-10-9-23-55(56)45-69(70)51-19-5-3-6-20-51/h3-48H,1-2H3. The van der Waals surface area contributed by atoms with Gasteiger partial charge in [0.15, 0.2) is 0 Å². The Morgan fingerprint density at radius 3 is 0.870 bits per heavy atom. The fourth-order valence-electron chi connectivity index (χ4n) is 13.1. The van der Waals surface area contributed by atoms with Gasteiger partial charge in [-0.2, -0.15) is 0 Å². The van der Waals surface area contributed by atoms with Crippen LogP contribution in [0.15, 0.2) is 279 Å². The van der Waals surface area contributed by atoms with Gasteiger partial charge < -0.3 is 0 Å². The minimum absolute atomic E-state index is 0.181. The van der Waals surface area contributed by atoms with Crippen LogP contribution in [-0.2, 0) is 5.41 Å². The van der Waals surface area contributed by atoms with E-state index in [1.54, 1.807) is 0 Å². The lowest BCUT2D eigenvalue weighted by Crippen LogP contribution is -2.15. The van der Waals surface area contributed by atoms with E-state index in [0.29, 0.717) is 0 Å². The number of rotatable bonds is 7. The lowest BCUT2D eigenvalue weighted by molar-refractivity contribution is 0.661. The Morgan fingerprint density at radius 1 is 0.195 bits per heavy atom. The molecule has 0 atom stereocenters. The van der Waals surface area contributed by atoms with Gasteiger partial charge in [0.1, 0.15) is 0 Å². The molecular formula is C77H52. The largest absolute Gasteiger partial charge is 0.0622 e. The number of benzene rings is 14. The van der Waals surface area contributed by atoms with Crippen LogP contribution in [0.25, 0.3) is 143 Å². The second kappa shape index (κ2) is 17.8. The van der Waals surface area contributed by atoms with Crippen LogP contribution < -0.4 is 0 Å². The highest BCUT2D eigenvalue weighted by atomic mass is 14.4. The van der Waals surface area contributed by atoms with E-state index in [1.165, 1.54) is 154 Å². The van der Waals surface area contributed by atoms with Crippen molar-refractivity contribution in [2.24, 2.45) is 0 Å². The van der Waals surface area contributed by atoms with Gasteiger partial charge in [-0.3, -0.25) is 0 Å². The zero-order valence-electron chi connectivity index (χ0n) is 43.1. The Hall–Kier alpha value is -9.62. The molecule has 14 aromatic carbocycles. The summed E-state index contributed by atoms with van der Waals surface area (Å²) in [7, 11) is 0. The molecule has 0 fully saturated rings. The van der Waals surface area contributed by atoms with Gasteiger partial charge in [-0.25, -0.2) is 0 Å². The van der Waals surface area contributed by atoms with Gasteiger partial charge in [0, 0.05) is 5.41 Å². The van der Waals surface area contributed by atoms with Crippen LogP contribution in [0.2, 0.25) is 0 Å². The van der Waals surface area contributed by atoms with Crippen molar-refractivity contribution >= 4 is 53.9 Å². The first kappa shape index (κ1) is 44.8. The molecule has 0 aromatic heterocycles. The van der Waals surface area contributed by atoms with Crippen molar-refractivity contribution in [2.45, 2.75) is 19.3 Å². The van der Waals surface area contributed by atoms with Crippen molar-refractivity contribution in [1.29, 1.82) is 0 Å². The summed E-state index contributed by atoms with van der Waals surface area (Å²) in [6, 6.07) is 104. The summed E-state index contributed by atoms with van der Waals surface area (Å²) >= 11 is 0. The first-order valence-electron chi connectivity index (χ1n) is 27.0. The van der Waals surface area contributed by atoms with Crippen LogP contribution in [0.1, 0.15) is 25.0 Å². The highest BCUT2D eigenvalue weighted by Gasteiger charge is 2.36. The molecule has 0 heterocycles. The van der Waals surface area contributed by atoms with Crippen LogP contribution in [0.5, 0.6) is 0 Å². The van der Waals surface area contributed by atoms with Gasteiger partial charge in [0.25, 0.3) is 0 Å². The maximum absolute atomic E-state index is 2.45. The van der Waals surface area contributed by atoms with Gasteiger partial charge in [-0.1, -0.05) is 269 Å². The van der Waals surface area contributed by atoms with E-state index in [9.17, 15) is 0 Å². The molecule has 0 unspecified atom stereocenters. The lowest BCUT2D eigenvalue weighted by atomic mass is 9.80. The molecule has 0 aliphatic heterocycles. The molecule has 0 nitrogen and oxygen atoms in total. The van der Waals surface area contributed by atoms with Crippen LogP contribution in [-0.4, -0.2) is 0 Å². The Kier molecular flexibility index (Phi) is 10.3. The van der Waals surface area contributed by atoms with E-state index in [-0.39, 0.29) is 5.41 Å². The molecule has 14 aromatic rings. The quantitative estimate of drug-likeness (QED) is 0.140. The Bertz CT molecular complexity index is 4540. The molecular weight excluding hydrogens is 925 g/mol. The molecule has 0 heteroatoms. The molecule has 0 amide bonds. The maximum Gasteiger partial charge on any atom is 0.0159 e. The normalized spacial score (nSPS) is 12.6. The van der Waals surface area contributed by atoms with Crippen LogP contribution >= 0.6 is 0 Å². The van der Waals surface area contributed by atoms with Crippen LogP contribution in [0.4, 0.5) is 0 Å². The first-order chi connectivity index (χ1) is 38.0. The molecule has 0 bridgehead atoms. The Morgan fingerprint density at radius 2 is 0.481 bits per heavy atom. The third kappa shape index (κ3) is 7.21. The number of hydrogen-bond donors (Lipinski definition) is 0. The van der Waals surface area contributed by atoms with Crippen molar-refractivity contribution in [2.75, 3.05) is 0 Å². The molecule has 0 saturated carbocycles. The second-order valence-corrected chi connectivity index (χ2v) is 21.5. The third-order valence-corrected chi connectivity index (χ3v) is 16.9. The molecule has 0 spiro atoms. The average Bonchev–Trinajstić information content (AvgIpc) is 3.94. The van der Waals surface area contributed by atoms with Gasteiger partial charge in [-0.05, 0) is 178 Å². The zero-order valence-corrected chi connectivity index (χ0v) is 43.1. The predicted octanol–water partition coefficient (Wildman–Crippen LogP) is 21.4. The van der Waals surface area contributed by atoms with E-state index in [2.05, 4.69) is 293 Å². The van der Waals surface area contributed by atoms with Gasteiger partial charge in [0.05, 0.1) is 0 Å². The molecule has 15 rings (SSSR count). The summed E-state index contributed by atoms with van der Waals surface area (Å²) in [4.78, 5) is 0.